The van der Waals surface area contributed by atoms with Gasteiger partial charge in [0.25, 0.3) is 0 Å². The Morgan fingerprint density at radius 2 is 1.58 bits per heavy atom. The van der Waals surface area contributed by atoms with Crippen LogP contribution in [0.2, 0.25) is 0 Å². The van der Waals surface area contributed by atoms with Crippen molar-refractivity contribution in [3.63, 3.8) is 0 Å². The third-order valence-electron chi connectivity index (χ3n) is 3.58. The monoisotopic (exact) mass is 283 g/mol. The van der Waals surface area contributed by atoms with Crippen molar-refractivity contribution in [2.45, 2.75) is 56.2 Å². The molecule has 2 unspecified atom stereocenters. The molecule has 0 saturated heterocycles. The van der Waals surface area contributed by atoms with Crippen molar-refractivity contribution in [1.29, 1.82) is 0 Å². The van der Waals surface area contributed by atoms with Gasteiger partial charge in [0.1, 0.15) is 0 Å². The summed E-state index contributed by atoms with van der Waals surface area (Å²) in [6, 6.07) is 7.47. The molecular weight excluding hydrogens is 258 g/mol. The van der Waals surface area contributed by atoms with Gasteiger partial charge in [-0.15, -0.1) is 0 Å². The minimum atomic E-state index is -3.23. The van der Waals surface area contributed by atoms with Crippen LogP contribution in [0.1, 0.15) is 45.6 Å². The molecule has 1 aromatic carbocycles. The average molecular weight is 283 g/mol. The highest BCUT2D eigenvalue weighted by Crippen LogP contribution is 2.22. The van der Waals surface area contributed by atoms with Gasteiger partial charge in [0.15, 0.2) is 9.84 Å². The van der Waals surface area contributed by atoms with Crippen LogP contribution in [0.4, 0.5) is 0 Å². The molecule has 0 saturated carbocycles. The van der Waals surface area contributed by atoms with E-state index in [4.69, 9.17) is 0 Å². The zero-order valence-corrected chi connectivity index (χ0v) is 13.3. The van der Waals surface area contributed by atoms with Crippen LogP contribution in [0.15, 0.2) is 29.2 Å². The number of sulfone groups is 1. The van der Waals surface area contributed by atoms with Gasteiger partial charge < -0.3 is 5.32 Å². The lowest BCUT2D eigenvalue weighted by Gasteiger charge is -2.17. The van der Waals surface area contributed by atoms with E-state index in [1.54, 1.807) is 19.1 Å². The summed E-state index contributed by atoms with van der Waals surface area (Å²) < 4.78 is 24.9. The SMILES string of the molecule is CNC(C)CC(C)S(=O)(=O)c1ccc(C(C)C)cc1. The van der Waals surface area contributed by atoms with Gasteiger partial charge in [-0.05, 0) is 50.9 Å². The minimum Gasteiger partial charge on any atom is -0.317 e. The molecule has 3 nitrogen and oxygen atoms in total. The van der Waals surface area contributed by atoms with Crippen LogP contribution in [0, 0.1) is 0 Å². The zero-order chi connectivity index (χ0) is 14.6. The van der Waals surface area contributed by atoms with E-state index in [-0.39, 0.29) is 11.3 Å². The molecule has 0 fully saturated rings. The first kappa shape index (κ1) is 16.2. The first-order valence-corrected chi connectivity index (χ1v) is 8.34. The molecule has 0 aliphatic rings. The third-order valence-corrected chi connectivity index (χ3v) is 5.76. The van der Waals surface area contributed by atoms with E-state index < -0.39 is 9.84 Å². The van der Waals surface area contributed by atoms with Gasteiger partial charge in [0.05, 0.1) is 10.1 Å². The van der Waals surface area contributed by atoms with Crippen molar-refractivity contribution in [2.24, 2.45) is 0 Å². The van der Waals surface area contributed by atoms with Gasteiger partial charge in [0, 0.05) is 6.04 Å². The van der Waals surface area contributed by atoms with Gasteiger partial charge in [-0.2, -0.15) is 0 Å². The Hall–Kier alpha value is -0.870. The van der Waals surface area contributed by atoms with Crippen molar-refractivity contribution >= 4 is 9.84 Å². The first-order valence-electron chi connectivity index (χ1n) is 6.80. The Bertz CT molecular complexity index is 491. The van der Waals surface area contributed by atoms with Crippen LogP contribution in [-0.4, -0.2) is 26.8 Å². The highest BCUT2D eigenvalue weighted by Gasteiger charge is 2.24. The molecule has 1 aromatic rings. The Morgan fingerprint density at radius 3 is 2.00 bits per heavy atom. The van der Waals surface area contributed by atoms with E-state index in [1.807, 2.05) is 26.1 Å². The van der Waals surface area contributed by atoms with Crippen LogP contribution in [0.5, 0.6) is 0 Å². The van der Waals surface area contributed by atoms with E-state index in [1.165, 1.54) is 0 Å². The predicted molar refractivity (Wildman–Crippen MR) is 80.3 cm³/mol. The van der Waals surface area contributed by atoms with Crippen LogP contribution < -0.4 is 5.32 Å². The molecule has 2 atom stereocenters. The van der Waals surface area contributed by atoms with Crippen molar-refractivity contribution in [2.75, 3.05) is 7.05 Å². The van der Waals surface area contributed by atoms with Crippen LogP contribution in [-0.2, 0) is 9.84 Å². The maximum atomic E-state index is 12.4. The summed E-state index contributed by atoms with van der Waals surface area (Å²) in [5.74, 6) is 0.415. The van der Waals surface area contributed by atoms with Crippen molar-refractivity contribution in [1.82, 2.24) is 5.32 Å². The van der Waals surface area contributed by atoms with E-state index >= 15 is 0 Å². The minimum absolute atomic E-state index is 0.194. The highest BCUT2D eigenvalue weighted by atomic mass is 32.2. The lowest BCUT2D eigenvalue weighted by Crippen LogP contribution is -2.29. The van der Waals surface area contributed by atoms with Crippen LogP contribution in [0.25, 0.3) is 0 Å². The molecule has 0 heterocycles. The highest BCUT2D eigenvalue weighted by molar-refractivity contribution is 7.92. The lowest BCUT2D eigenvalue weighted by atomic mass is 10.0. The topological polar surface area (TPSA) is 46.2 Å². The number of rotatable bonds is 6. The van der Waals surface area contributed by atoms with Crippen LogP contribution in [0.3, 0.4) is 0 Å². The fraction of sp³-hybridized carbons (Fsp3) is 0.600. The van der Waals surface area contributed by atoms with Gasteiger partial charge in [-0.3, -0.25) is 0 Å². The molecule has 0 bridgehead atoms. The summed E-state index contributed by atoms with van der Waals surface area (Å²) in [7, 11) is -1.38. The molecule has 1 rings (SSSR count). The maximum absolute atomic E-state index is 12.4. The van der Waals surface area contributed by atoms with E-state index in [0.717, 1.165) is 5.56 Å². The Morgan fingerprint density at radius 1 is 1.05 bits per heavy atom. The molecule has 108 valence electrons. The van der Waals surface area contributed by atoms with Gasteiger partial charge in [-0.1, -0.05) is 26.0 Å². The number of benzene rings is 1. The third kappa shape index (κ3) is 4.05. The molecule has 1 N–H and O–H groups in total. The summed E-state index contributed by atoms with van der Waals surface area (Å²) in [6.07, 6.45) is 0.616. The number of hydrogen-bond donors (Lipinski definition) is 1. The molecule has 0 amide bonds. The molecule has 0 aliphatic carbocycles. The molecular formula is C15H25NO2S. The molecule has 0 aliphatic heterocycles. The second-order valence-corrected chi connectivity index (χ2v) is 7.87. The smallest absolute Gasteiger partial charge is 0.181 e. The maximum Gasteiger partial charge on any atom is 0.181 e. The summed E-state index contributed by atoms with van der Waals surface area (Å²) in [5.41, 5.74) is 1.16. The molecule has 0 radical (unpaired) electrons. The fourth-order valence-electron chi connectivity index (χ4n) is 2.02. The summed E-state index contributed by atoms with van der Waals surface area (Å²) >= 11 is 0. The van der Waals surface area contributed by atoms with E-state index in [2.05, 4.69) is 19.2 Å². The molecule has 0 aromatic heterocycles. The summed E-state index contributed by atoms with van der Waals surface area (Å²) in [6.45, 7) is 7.97. The quantitative estimate of drug-likeness (QED) is 0.873. The molecule has 19 heavy (non-hydrogen) atoms. The zero-order valence-electron chi connectivity index (χ0n) is 12.5. The van der Waals surface area contributed by atoms with Crippen molar-refractivity contribution in [3.05, 3.63) is 29.8 Å². The van der Waals surface area contributed by atoms with Gasteiger partial charge in [-0.25, -0.2) is 8.42 Å². The van der Waals surface area contributed by atoms with Gasteiger partial charge >= 0.3 is 0 Å². The summed E-state index contributed by atoms with van der Waals surface area (Å²) in [5, 5.41) is 2.70. The Balaban J connectivity index is 2.93. The summed E-state index contributed by atoms with van der Waals surface area (Å²) in [4.78, 5) is 0.424. The first-order chi connectivity index (χ1) is 8.78. The van der Waals surface area contributed by atoms with Crippen LogP contribution >= 0.6 is 0 Å². The Labute approximate surface area is 117 Å². The van der Waals surface area contributed by atoms with E-state index in [9.17, 15) is 8.42 Å². The van der Waals surface area contributed by atoms with Gasteiger partial charge in [0.2, 0.25) is 0 Å². The fourth-order valence-corrected chi connectivity index (χ4v) is 3.54. The van der Waals surface area contributed by atoms with Crippen molar-refractivity contribution < 1.29 is 8.42 Å². The Kier molecular flexibility index (Phi) is 5.56. The molecule has 0 spiro atoms. The predicted octanol–water partition coefficient (Wildman–Crippen LogP) is 2.97. The number of nitrogens with one attached hydrogen (secondary N) is 1. The van der Waals surface area contributed by atoms with E-state index in [0.29, 0.717) is 17.2 Å². The largest absolute Gasteiger partial charge is 0.317 e. The number of hydrogen-bond acceptors (Lipinski definition) is 3. The second kappa shape index (κ2) is 6.53. The molecule has 4 heteroatoms. The second-order valence-electron chi connectivity index (χ2n) is 5.50. The normalized spacial score (nSPS) is 15.5. The average Bonchev–Trinajstić information content (AvgIpc) is 2.38. The van der Waals surface area contributed by atoms with Crippen molar-refractivity contribution in [3.8, 4) is 0 Å². The lowest BCUT2D eigenvalue weighted by molar-refractivity contribution is 0.530. The standard InChI is InChI=1S/C15H25NO2S/c1-11(2)14-6-8-15(9-7-14)19(17,18)13(4)10-12(3)16-5/h6-9,11-13,16H,10H2,1-5H3.